The summed E-state index contributed by atoms with van der Waals surface area (Å²) >= 11 is 2.94. The van der Waals surface area contributed by atoms with Gasteiger partial charge in [-0.05, 0) is 22.4 Å². The van der Waals surface area contributed by atoms with E-state index < -0.39 is 5.56 Å². The fraction of sp³-hybridized carbons (Fsp3) is 0.300. The zero-order valence-corrected chi connectivity index (χ0v) is 10.7. The molecule has 0 spiro atoms. The Morgan fingerprint density at radius 1 is 1.59 bits per heavy atom. The Balaban J connectivity index is 2.42. The third-order valence-electron chi connectivity index (χ3n) is 2.20. The fourth-order valence-corrected chi connectivity index (χ4v) is 1.61. The lowest BCUT2D eigenvalue weighted by molar-refractivity contribution is 0.448. The van der Waals surface area contributed by atoms with E-state index in [1.807, 2.05) is 6.92 Å². The normalized spacial score (nSPS) is 10.7. The van der Waals surface area contributed by atoms with Crippen LogP contribution in [0.15, 0.2) is 21.7 Å². The second-order valence-corrected chi connectivity index (χ2v) is 4.34. The van der Waals surface area contributed by atoms with Crippen molar-refractivity contribution in [2.45, 2.75) is 19.9 Å². The number of aromatic hydroxyl groups is 1. The van der Waals surface area contributed by atoms with Crippen LogP contribution in [0.1, 0.15) is 13.3 Å². The van der Waals surface area contributed by atoms with Crippen LogP contribution in [0, 0.1) is 0 Å². The maximum absolute atomic E-state index is 11.4. The van der Waals surface area contributed by atoms with Crippen LogP contribution in [0.5, 0.6) is 5.88 Å². The van der Waals surface area contributed by atoms with Gasteiger partial charge in [0.2, 0.25) is 5.88 Å². The van der Waals surface area contributed by atoms with Crippen LogP contribution < -0.4 is 5.56 Å². The molecule has 0 aliphatic carbocycles. The molecule has 0 amide bonds. The third-order valence-corrected chi connectivity index (χ3v) is 2.92. The number of nitrogens with one attached hydrogen (secondary N) is 1. The van der Waals surface area contributed by atoms with Crippen LogP contribution in [-0.2, 0) is 6.54 Å². The molecule has 2 aromatic heterocycles. The van der Waals surface area contributed by atoms with E-state index in [1.165, 1.54) is 0 Å². The van der Waals surface area contributed by atoms with E-state index in [1.54, 1.807) is 17.1 Å². The van der Waals surface area contributed by atoms with Crippen LogP contribution in [0.3, 0.4) is 0 Å². The molecule has 6 nitrogen and oxygen atoms in total. The first-order valence-corrected chi connectivity index (χ1v) is 5.92. The lowest BCUT2D eigenvalue weighted by Crippen LogP contribution is -2.09. The van der Waals surface area contributed by atoms with Gasteiger partial charge in [0.25, 0.3) is 5.56 Å². The zero-order chi connectivity index (χ0) is 12.4. The Morgan fingerprint density at radius 2 is 2.35 bits per heavy atom. The van der Waals surface area contributed by atoms with E-state index in [0.717, 1.165) is 13.0 Å². The number of H-pyrrole nitrogens is 1. The maximum atomic E-state index is 11.4. The highest BCUT2D eigenvalue weighted by molar-refractivity contribution is 9.10. The molecular formula is C10H11BrN4O2. The molecule has 0 aliphatic rings. The second-order valence-electron chi connectivity index (χ2n) is 3.54. The molecule has 0 atom stereocenters. The van der Waals surface area contributed by atoms with Gasteiger partial charge in [0.05, 0.1) is 11.8 Å². The number of hydrogen-bond acceptors (Lipinski definition) is 4. The first-order chi connectivity index (χ1) is 8.11. The van der Waals surface area contributed by atoms with Gasteiger partial charge in [-0.25, -0.2) is 0 Å². The lowest BCUT2D eigenvalue weighted by atomic mass is 10.3. The van der Waals surface area contributed by atoms with Crippen molar-refractivity contribution in [1.82, 2.24) is 19.7 Å². The molecule has 0 unspecified atom stereocenters. The summed E-state index contributed by atoms with van der Waals surface area (Å²) < 4.78 is 1.79. The van der Waals surface area contributed by atoms with Gasteiger partial charge in [0, 0.05) is 12.7 Å². The number of halogens is 1. The molecule has 0 saturated carbocycles. The van der Waals surface area contributed by atoms with Crippen LogP contribution in [0.2, 0.25) is 0 Å². The smallest absolute Gasteiger partial charge is 0.269 e. The fourth-order valence-electron chi connectivity index (χ4n) is 1.42. The van der Waals surface area contributed by atoms with Gasteiger partial charge in [-0.15, -0.1) is 0 Å². The molecule has 2 rings (SSSR count). The summed E-state index contributed by atoms with van der Waals surface area (Å²) in [4.78, 5) is 17.9. The van der Waals surface area contributed by atoms with Gasteiger partial charge in [0.15, 0.2) is 0 Å². The zero-order valence-electron chi connectivity index (χ0n) is 9.14. The molecule has 0 fully saturated rings. The van der Waals surface area contributed by atoms with Crippen LogP contribution >= 0.6 is 15.9 Å². The molecule has 0 saturated heterocycles. The van der Waals surface area contributed by atoms with Crippen molar-refractivity contribution in [2.75, 3.05) is 0 Å². The molecule has 0 bridgehead atoms. The number of nitrogens with zero attached hydrogens (tertiary/aromatic N) is 3. The SMILES string of the molecule is CCCn1cc(-c2nc(O)c(Br)c(=O)[nH]2)cn1. The van der Waals surface area contributed by atoms with Gasteiger partial charge in [-0.1, -0.05) is 6.92 Å². The number of aryl methyl sites for hydroxylation is 1. The average Bonchev–Trinajstić information content (AvgIpc) is 2.74. The van der Waals surface area contributed by atoms with Crippen molar-refractivity contribution in [1.29, 1.82) is 0 Å². The molecule has 90 valence electrons. The Hall–Kier alpha value is -1.63. The Morgan fingerprint density at radius 3 is 3.00 bits per heavy atom. The molecule has 17 heavy (non-hydrogen) atoms. The minimum absolute atomic E-state index is 0.0298. The van der Waals surface area contributed by atoms with E-state index in [9.17, 15) is 9.90 Å². The monoisotopic (exact) mass is 298 g/mol. The minimum Gasteiger partial charge on any atom is -0.492 e. The largest absolute Gasteiger partial charge is 0.492 e. The Labute approximate surface area is 105 Å². The summed E-state index contributed by atoms with van der Waals surface area (Å²) in [5.74, 6) is -0.0231. The number of rotatable bonds is 3. The quantitative estimate of drug-likeness (QED) is 0.900. The molecule has 2 aromatic rings. The van der Waals surface area contributed by atoms with Gasteiger partial charge in [-0.2, -0.15) is 10.1 Å². The van der Waals surface area contributed by atoms with Crippen molar-refractivity contribution < 1.29 is 5.11 Å². The second kappa shape index (κ2) is 4.70. The van der Waals surface area contributed by atoms with E-state index in [4.69, 9.17) is 0 Å². The van der Waals surface area contributed by atoms with E-state index >= 15 is 0 Å². The minimum atomic E-state index is -0.421. The molecule has 7 heteroatoms. The van der Waals surface area contributed by atoms with Crippen molar-refractivity contribution in [2.24, 2.45) is 0 Å². The van der Waals surface area contributed by atoms with Crippen molar-refractivity contribution in [3.63, 3.8) is 0 Å². The van der Waals surface area contributed by atoms with E-state index in [0.29, 0.717) is 11.4 Å². The molecule has 2 heterocycles. The summed E-state index contributed by atoms with van der Waals surface area (Å²) in [6.07, 6.45) is 4.34. The van der Waals surface area contributed by atoms with Crippen LogP contribution in [0.25, 0.3) is 11.4 Å². The average molecular weight is 299 g/mol. The van der Waals surface area contributed by atoms with Gasteiger partial charge < -0.3 is 10.1 Å². The molecule has 0 aliphatic heterocycles. The van der Waals surface area contributed by atoms with Crippen molar-refractivity contribution >= 4 is 15.9 Å². The third kappa shape index (κ3) is 2.38. The van der Waals surface area contributed by atoms with Gasteiger partial charge >= 0.3 is 0 Å². The number of aromatic nitrogens is 4. The topological polar surface area (TPSA) is 83.8 Å². The number of aromatic amines is 1. The summed E-state index contributed by atoms with van der Waals surface area (Å²) in [5.41, 5.74) is 0.245. The highest BCUT2D eigenvalue weighted by atomic mass is 79.9. The van der Waals surface area contributed by atoms with E-state index in [-0.39, 0.29) is 10.4 Å². The molecular weight excluding hydrogens is 288 g/mol. The molecule has 0 radical (unpaired) electrons. The predicted octanol–water partition coefficient (Wildman–Crippen LogP) is 1.51. The Kier molecular flexibility index (Phi) is 3.28. The highest BCUT2D eigenvalue weighted by Gasteiger charge is 2.10. The summed E-state index contributed by atoms with van der Waals surface area (Å²) in [6, 6.07) is 0. The van der Waals surface area contributed by atoms with Gasteiger partial charge in [-0.3, -0.25) is 9.48 Å². The van der Waals surface area contributed by atoms with Crippen LogP contribution in [-0.4, -0.2) is 24.9 Å². The van der Waals surface area contributed by atoms with Crippen LogP contribution in [0.4, 0.5) is 0 Å². The Bertz CT molecular complexity index is 590. The summed E-state index contributed by atoms with van der Waals surface area (Å²) in [7, 11) is 0. The summed E-state index contributed by atoms with van der Waals surface area (Å²) in [6.45, 7) is 2.85. The summed E-state index contributed by atoms with van der Waals surface area (Å²) in [5, 5.41) is 13.6. The highest BCUT2D eigenvalue weighted by Crippen LogP contribution is 2.20. The maximum Gasteiger partial charge on any atom is 0.269 e. The predicted molar refractivity (Wildman–Crippen MR) is 65.7 cm³/mol. The van der Waals surface area contributed by atoms with Crippen molar-refractivity contribution in [3.05, 3.63) is 27.2 Å². The molecule has 2 N–H and O–H groups in total. The van der Waals surface area contributed by atoms with Crippen molar-refractivity contribution in [3.8, 4) is 17.3 Å². The number of hydrogen-bond donors (Lipinski definition) is 2. The lowest BCUT2D eigenvalue weighted by Gasteiger charge is -1.99. The molecule has 0 aromatic carbocycles. The van der Waals surface area contributed by atoms with Gasteiger partial charge in [0.1, 0.15) is 10.3 Å². The first-order valence-electron chi connectivity index (χ1n) is 5.13. The first kappa shape index (κ1) is 11.8. The van der Waals surface area contributed by atoms with E-state index in [2.05, 4.69) is 31.0 Å². The standard InChI is InChI=1S/C10H11BrN4O2/c1-2-3-15-5-6(4-12-15)8-13-9(16)7(11)10(17)14-8/h4-5H,2-3H2,1H3,(H2,13,14,16,17).